The molecule has 1 heterocycles. The van der Waals surface area contributed by atoms with Crippen LogP contribution in [0.3, 0.4) is 0 Å². The number of fused-ring (bicyclic) bond motifs is 1. The standard InChI is InChI=1S/C8H8N2O3S/c1-9-5-6-4-7(10(11)12)2-3-8(6)14(9)13/h2-4H,5H2,1H3. The molecule has 2 rings (SSSR count). The van der Waals surface area contributed by atoms with Gasteiger partial charge in [0, 0.05) is 30.8 Å². The van der Waals surface area contributed by atoms with Crippen molar-refractivity contribution in [3.05, 3.63) is 33.9 Å². The highest BCUT2D eigenvalue weighted by Gasteiger charge is 2.32. The van der Waals surface area contributed by atoms with Gasteiger partial charge in [-0.1, -0.05) is 0 Å². The molecule has 0 fully saturated rings. The van der Waals surface area contributed by atoms with E-state index in [1.165, 1.54) is 12.1 Å². The number of nitro benzene ring substituents is 1. The zero-order valence-electron chi connectivity index (χ0n) is 7.47. The first-order valence-corrected chi connectivity index (χ1v) is 5.10. The normalized spacial score (nSPS) is 20.9. The molecule has 0 amide bonds. The van der Waals surface area contributed by atoms with Gasteiger partial charge in [-0.3, -0.25) is 10.1 Å². The van der Waals surface area contributed by atoms with Crippen molar-refractivity contribution in [2.75, 3.05) is 7.05 Å². The third kappa shape index (κ3) is 1.37. The zero-order valence-corrected chi connectivity index (χ0v) is 8.28. The van der Waals surface area contributed by atoms with Gasteiger partial charge in [0.05, 0.1) is 22.8 Å². The summed E-state index contributed by atoms with van der Waals surface area (Å²) in [5.74, 6) is 0. The van der Waals surface area contributed by atoms with Crippen molar-refractivity contribution in [3.63, 3.8) is 0 Å². The average molecular weight is 212 g/mol. The molecular weight excluding hydrogens is 204 g/mol. The average Bonchev–Trinajstić information content (AvgIpc) is 2.42. The number of hydrogen-bond acceptors (Lipinski definition) is 4. The van der Waals surface area contributed by atoms with Crippen LogP contribution in [0.4, 0.5) is 5.69 Å². The first kappa shape index (κ1) is 9.45. The van der Waals surface area contributed by atoms with Gasteiger partial charge in [-0.25, -0.2) is 0 Å². The second kappa shape index (κ2) is 3.23. The summed E-state index contributed by atoms with van der Waals surface area (Å²) in [6.07, 6.45) is 0. The maximum absolute atomic E-state index is 11.5. The molecule has 74 valence electrons. The molecule has 0 aliphatic carbocycles. The molecule has 0 spiro atoms. The number of non-ortho nitro benzene ring substituents is 1. The fourth-order valence-electron chi connectivity index (χ4n) is 1.44. The minimum atomic E-state index is -1.15. The van der Waals surface area contributed by atoms with Crippen molar-refractivity contribution < 1.29 is 9.48 Å². The molecule has 1 aliphatic rings. The van der Waals surface area contributed by atoms with E-state index in [1.807, 2.05) is 0 Å². The molecule has 1 aromatic rings. The van der Waals surface area contributed by atoms with Crippen molar-refractivity contribution in [3.8, 4) is 0 Å². The molecule has 1 atom stereocenters. The predicted molar refractivity (Wildman–Crippen MR) is 51.0 cm³/mol. The van der Waals surface area contributed by atoms with Gasteiger partial charge in [-0.15, -0.1) is 4.31 Å². The topological polar surface area (TPSA) is 69.4 Å². The highest BCUT2D eigenvalue weighted by Crippen LogP contribution is 2.31. The first-order valence-electron chi connectivity index (χ1n) is 4.00. The van der Waals surface area contributed by atoms with Crippen LogP contribution in [0, 0.1) is 10.1 Å². The molecule has 0 saturated heterocycles. The number of nitrogens with zero attached hydrogens (tertiary/aromatic N) is 2. The lowest BCUT2D eigenvalue weighted by Crippen LogP contribution is -2.18. The summed E-state index contributed by atoms with van der Waals surface area (Å²) in [6, 6.07) is 4.43. The molecule has 0 aromatic heterocycles. The highest BCUT2D eigenvalue weighted by molar-refractivity contribution is 7.89. The number of nitro groups is 1. The van der Waals surface area contributed by atoms with Gasteiger partial charge < -0.3 is 4.55 Å². The summed E-state index contributed by atoms with van der Waals surface area (Å²) in [5, 5.41) is 10.5. The predicted octanol–water partition coefficient (Wildman–Crippen LogP) is 1.06. The minimum absolute atomic E-state index is 0.0519. The lowest BCUT2D eigenvalue weighted by molar-refractivity contribution is -0.385. The maximum atomic E-state index is 11.5. The van der Waals surface area contributed by atoms with E-state index in [0.29, 0.717) is 11.4 Å². The molecule has 0 N–H and O–H groups in total. The highest BCUT2D eigenvalue weighted by atomic mass is 32.2. The van der Waals surface area contributed by atoms with Gasteiger partial charge in [0.2, 0.25) is 0 Å². The molecule has 0 saturated carbocycles. The maximum Gasteiger partial charge on any atom is 0.270 e. The smallest absolute Gasteiger partial charge is 0.270 e. The summed E-state index contributed by atoms with van der Waals surface area (Å²) in [5.41, 5.74) is 0.830. The Hall–Kier alpha value is -1.11. The van der Waals surface area contributed by atoms with E-state index < -0.39 is 16.3 Å². The second-order valence-corrected chi connectivity index (χ2v) is 4.65. The molecule has 0 bridgehead atoms. The lowest BCUT2D eigenvalue weighted by Gasteiger charge is -2.09. The van der Waals surface area contributed by atoms with Crippen LogP contribution in [0.2, 0.25) is 0 Å². The number of benzene rings is 1. The van der Waals surface area contributed by atoms with Crippen molar-refractivity contribution in [1.82, 2.24) is 4.31 Å². The van der Waals surface area contributed by atoms with Crippen LogP contribution in [0.25, 0.3) is 0 Å². The Kier molecular flexibility index (Phi) is 2.18. The Morgan fingerprint density at radius 1 is 1.57 bits per heavy atom. The van der Waals surface area contributed by atoms with Crippen molar-refractivity contribution in [2.24, 2.45) is 0 Å². The van der Waals surface area contributed by atoms with Crippen LogP contribution in [-0.4, -0.2) is 20.8 Å². The third-order valence-electron chi connectivity index (χ3n) is 2.12. The monoisotopic (exact) mass is 212 g/mol. The van der Waals surface area contributed by atoms with Gasteiger partial charge in [0.1, 0.15) is 0 Å². The SMILES string of the molecule is CN1Cc2cc([N+](=O)[O-])ccc2[S+]1[O-]. The van der Waals surface area contributed by atoms with Crippen LogP contribution in [-0.2, 0) is 17.9 Å². The Labute approximate surface area is 83.8 Å². The summed E-state index contributed by atoms with van der Waals surface area (Å²) < 4.78 is 13.2. The van der Waals surface area contributed by atoms with Crippen molar-refractivity contribution >= 4 is 17.0 Å². The van der Waals surface area contributed by atoms with Gasteiger partial charge in [0.15, 0.2) is 4.90 Å². The van der Waals surface area contributed by atoms with Gasteiger partial charge in [-0.05, 0) is 0 Å². The number of rotatable bonds is 1. The quantitative estimate of drug-likeness (QED) is 0.396. The van der Waals surface area contributed by atoms with E-state index >= 15 is 0 Å². The van der Waals surface area contributed by atoms with E-state index in [-0.39, 0.29) is 5.69 Å². The van der Waals surface area contributed by atoms with Crippen LogP contribution in [0.15, 0.2) is 23.1 Å². The van der Waals surface area contributed by atoms with Crippen molar-refractivity contribution in [1.29, 1.82) is 0 Å². The second-order valence-electron chi connectivity index (χ2n) is 3.08. The molecule has 0 radical (unpaired) electrons. The molecule has 1 unspecified atom stereocenters. The summed E-state index contributed by atoms with van der Waals surface area (Å²) >= 11 is -1.15. The van der Waals surface area contributed by atoms with Gasteiger partial charge >= 0.3 is 0 Å². The Morgan fingerprint density at radius 2 is 2.29 bits per heavy atom. The molecule has 6 heteroatoms. The van der Waals surface area contributed by atoms with E-state index in [2.05, 4.69) is 0 Å². The van der Waals surface area contributed by atoms with Crippen LogP contribution in [0.1, 0.15) is 5.56 Å². The van der Waals surface area contributed by atoms with Crippen molar-refractivity contribution in [2.45, 2.75) is 11.4 Å². The van der Waals surface area contributed by atoms with E-state index in [1.54, 1.807) is 17.4 Å². The molecule has 5 nitrogen and oxygen atoms in total. The Morgan fingerprint density at radius 3 is 2.93 bits per heavy atom. The van der Waals surface area contributed by atoms with E-state index in [4.69, 9.17) is 0 Å². The molecule has 14 heavy (non-hydrogen) atoms. The van der Waals surface area contributed by atoms with Crippen LogP contribution >= 0.6 is 0 Å². The van der Waals surface area contributed by atoms with Crippen LogP contribution < -0.4 is 0 Å². The van der Waals surface area contributed by atoms with E-state index in [9.17, 15) is 14.7 Å². The summed E-state index contributed by atoms with van der Waals surface area (Å²) in [6.45, 7) is 0.504. The van der Waals surface area contributed by atoms with Crippen LogP contribution in [0.5, 0.6) is 0 Å². The Balaban J connectivity index is 2.44. The molecular formula is C8H8N2O3S. The largest absolute Gasteiger partial charge is 0.593 e. The fourth-order valence-corrected chi connectivity index (χ4v) is 2.56. The van der Waals surface area contributed by atoms with Gasteiger partial charge in [0.25, 0.3) is 5.69 Å². The molecule has 1 aliphatic heterocycles. The van der Waals surface area contributed by atoms with Gasteiger partial charge in [-0.2, -0.15) is 0 Å². The number of hydrogen-bond donors (Lipinski definition) is 0. The first-order chi connectivity index (χ1) is 6.59. The zero-order chi connectivity index (χ0) is 10.3. The lowest BCUT2D eigenvalue weighted by atomic mass is 10.2. The summed E-state index contributed by atoms with van der Waals surface area (Å²) in [4.78, 5) is 10.7. The Bertz CT molecular complexity index is 396. The fraction of sp³-hybridized carbons (Fsp3) is 0.250. The minimum Gasteiger partial charge on any atom is -0.593 e. The summed E-state index contributed by atoms with van der Waals surface area (Å²) in [7, 11) is 1.72. The third-order valence-corrected chi connectivity index (χ3v) is 3.59. The van der Waals surface area contributed by atoms with E-state index in [0.717, 1.165) is 5.56 Å². The molecule has 1 aromatic carbocycles.